The van der Waals surface area contributed by atoms with Gasteiger partial charge >= 0.3 is 5.97 Å². The zero-order valence-electron chi connectivity index (χ0n) is 17.3. The Bertz CT molecular complexity index is 1340. The van der Waals surface area contributed by atoms with Gasteiger partial charge in [0, 0.05) is 11.8 Å². The Labute approximate surface area is 194 Å². The number of benzene rings is 2. The monoisotopic (exact) mass is 457 g/mol. The van der Waals surface area contributed by atoms with Gasteiger partial charge in [-0.05, 0) is 54.7 Å². The molecule has 1 saturated heterocycles. The number of para-hydroxylation sites is 2. The second-order valence-electron chi connectivity index (χ2n) is 7.54. The lowest BCUT2D eigenvalue weighted by molar-refractivity contribution is 0.0697. The minimum atomic E-state index is -1.03. The number of pyridine rings is 1. The predicted octanol–water partition coefficient (Wildman–Crippen LogP) is 4.92. The van der Waals surface area contributed by atoms with Crippen LogP contribution in [0.15, 0.2) is 89.5 Å². The number of carboxylic acids is 1. The molecule has 1 aliphatic rings. The Morgan fingerprint density at radius 2 is 1.76 bits per heavy atom. The first kappa shape index (κ1) is 20.7. The Balaban J connectivity index is 1.63. The molecular weight excluding hydrogens is 438 g/mol. The average molecular weight is 458 g/mol. The highest BCUT2D eigenvalue weighted by molar-refractivity contribution is 7.80. The number of aromatic nitrogens is 1. The van der Waals surface area contributed by atoms with E-state index in [2.05, 4.69) is 10.3 Å². The third-order valence-corrected chi connectivity index (χ3v) is 5.90. The van der Waals surface area contributed by atoms with Crippen LogP contribution in [0.5, 0.6) is 5.75 Å². The fraction of sp³-hybridized carbons (Fsp3) is 0.0800. The summed E-state index contributed by atoms with van der Waals surface area (Å²) in [7, 11) is 0. The zero-order chi connectivity index (χ0) is 22.9. The molecule has 0 amide bonds. The van der Waals surface area contributed by atoms with Gasteiger partial charge in [0.05, 0.1) is 23.0 Å². The van der Waals surface area contributed by atoms with E-state index in [-0.39, 0.29) is 17.4 Å². The van der Waals surface area contributed by atoms with Crippen molar-refractivity contribution in [2.24, 2.45) is 0 Å². The molecule has 3 heterocycles. The number of hydrogen-bond donors (Lipinski definition) is 3. The molecule has 164 valence electrons. The third kappa shape index (κ3) is 3.70. The van der Waals surface area contributed by atoms with E-state index in [4.69, 9.17) is 16.6 Å². The van der Waals surface area contributed by atoms with E-state index in [1.54, 1.807) is 59.6 Å². The van der Waals surface area contributed by atoms with Crippen LogP contribution in [-0.2, 0) is 0 Å². The van der Waals surface area contributed by atoms with Gasteiger partial charge in [-0.1, -0.05) is 36.4 Å². The van der Waals surface area contributed by atoms with Crippen LogP contribution in [0.25, 0.3) is 11.3 Å². The standard InChI is InChI=1S/C25H19N3O4S/c29-19-11-4-3-10-18(19)28-23(22(27-25(28)33)17-9-5-6-14-26-17)21-13-12-20(32-21)15-7-1-2-8-16(15)24(30)31/h1-14,22-23,29H,(H,27,33)(H,30,31)/t22-,23+/m1/s1. The van der Waals surface area contributed by atoms with E-state index < -0.39 is 12.0 Å². The predicted molar refractivity (Wildman–Crippen MR) is 127 cm³/mol. The number of aromatic hydroxyl groups is 1. The molecule has 8 heteroatoms. The Morgan fingerprint density at radius 3 is 2.52 bits per heavy atom. The van der Waals surface area contributed by atoms with Crippen molar-refractivity contribution in [3.05, 3.63) is 102 Å². The van der Waals surface area contributed by atoms with Crippen LogP contribution >= 0.6 is 12.2 Å². The molecule has 1 aliphatic heterocycles. The number of carboxylic acid groups (broad SMARTS) is 1. The molecule has 0 spiro atoms. The van der Waals surface area contributed by atoms with Gasteiger partial charge in [0.25, 0.3) is 0 Å². The maximum Gasteiger partial charge on any atom is 0.336 e. The lowest BCUT2D eigenvalue weighted by Crippen LogP contribution is -2.29. The number of phenols is 1. The summed E-state index contributed by atoms with van der Waals surface area (Å²) in [6.45, 7) is 0. The normalized spacial score (nSPS) is 17.7. The number of anilines is 1. The van der Waals surface area contributed by atoms with Crippen molar-refractivity contribution in [2.45, 2.75) is 12.1 Å². The van der Waals surface area contributed by atoms with E-state index in [1.165, 1.54) is 6.07 Å². The summed E-state index contributed by atoms with van der Waals surface area (Å²) in [5.41, 5.74) is 1.92. The molecule has 2 atom stereocenters. The number of nitrogens with zero attached hydrogens (tertiary/aromatic N) is 2. The Kier molecular flexibility index (Phi) is 5.27. The van der Waals surface area contributed by atoms with Gasteiger partial charge in [0.15, 0.2) is 5.11 Å². The minimum Gasteiger partial charge on any atom is -0.506 e. The number of aromatic carboxylic acids is 1. The zero-order valence-corrected chi connectivity index (χ0v) is 18.1. The molecule has 2 aromatic carbocycles. The molecule has 2 aromatic heterocycles. The number of carbonyl (C=O) groups is 1. The summed E-state index contributed by atoms with van der Waals surface area (Å²) in [6.07, 6.45) is 1.70. The third-order valence-electron chi connectivity index (χ3n) is 5.58. The van der Waals surface area contributed by atoms with Gasteiger partial charge in [-0.25, -0.2) is 4.79 Å². The van der Waals surface area contributed by atoms with Crippen LogP contribution in [0, 0.1) is 0 Å². The first-order valence-electron chi connectivity index (χ1n) is 10.3. The van der Waals surface area contributed by atoms with Crippen LogP contribution in [-0.4, -0.2) is 26.3 Å². The summed E-state index contributed by atoms with van der Waals surface area (Å²) in [5.74, 6) is 0.0278. The van der Waals surface area contributed by atoms with Gasteiger partial charge < -0.3 is 24.8 Å². The molecule has 7 nitrogen and oxygen atoms in total. The van der Waals surface area contributed by atoms with Crippen molar-refractivity contribution < 1.29 is 19.4 Å². The van der Waals surface area contributed by atoms with Gasteiger partial charge in [0.2, 0.25) is 0 Å². The maximum atomic E-state index is 11.7. The fourth-order valence-electron chi connectivity index (χ4n) is 4.11. The number of thiocarbonyl (C=S) groups is 1. The van der Waals surface area contributed by atoms with Crippen molar-refractivity contribution in [1.29, 1.82) is 0 Å². The molecule has 0 bridgehead atoms. The second kappa shape index (κ2) is 8.40. The molecule has 3 N–H and O–H groups in total. The summed E-state index contributed by atoms with van der Waals surface area (Å²) >= 11 is 5.65. The van der Waals surface area contributed by atoms with E-state index >= 15 is 0 Å². The summed E-state index contributed by atoms with van der Waals surface area (Å²) in [6, 6.07) is 22.0. The maximum absolute atomic E-state index is 11.7. The quantitative estimate of drug-likeness (QED) is 0.363. The van der Waals surface area contributed by atoms with Gasteiger partial charge in [-0.3, -0.25) is 4.98 Å². The average Bonchev–Trinajstić information content (AvgIpc) is 3.44. The second-order valence-corrected chi connectivity index (χ2v) is 7.92. The van der Waals surface area contributed by atoms with Crippen LogP contribution in [0.2, 0.25) is 0 Å². The highest BCUT2D eigenvalue weighted by Gasteiger charge is 2.43. The SMILES string of the molecule is O=C(O)c1ccccc1-c1ccc([C@H]2[C@@H](c3ccccn3)NC(=S)N2c2ccccc2O)o1. The largest absolute Gasteiger partial charge is 0.506 e. The number of phenolic OH excluding ortho intramolecular Hbond substituents is 1. The van der Waals surface area contributed by atoms with Crippen molar-refractivity contribution in [2.75, 3.05) is 4.90 Å². The van der Waals surface area contributed by atoms with Crippen LogP contribution in [0.3, 0.4) is 0 Å². The van der Waals surface area contributed by atoms with Crippen LogP contribution in [0.1, 0.15) is 33.9 Å². The van der Waals surface area contributed by atoms with E-state index in [0.29, 0.717) is 27.9 Å². The van der Waals surface area contributed by atoms with Crippen LogP contribution in [0.4, 0.5) is 5.69 Å². The summed E-state index contributed by atoms with van der Waals surface area (Å²) in [4.78, 5) is 18.0. The smallest absolute Gasteiger partial charge is 0.336 e. The lowest BCUT2D eigenvalue weighted by atomic mass is 10.0. The van der Waals surface area contributed by atoms with Crippen molar-refractivity contribution in [3.8, 4) is 17.1 Å². The Hall–Kier alpha value is -4.17. The van der Waals surface area contributed by atoms with Crippen LogP contribution < -0.4 is 10.2 Å². The molecule has 0 radical (unpaired) electrons. The molecular formula is C25H19N3O4S. The van der Waals surface area contributed by atoms with Crippen molar-refractivity contribution in [1.82, 2.24) is 10.3 Å². The fourth-order valence-corrected chi connectivity index (χ4v) is 4.45. The topological polar surface area (TPSA) is 98.8 Å². The van der Waals surface area contributed by atoms with Gasteiger partial charge in [0.1, 0.15) is 23.3 Å². The minimum absolute atomic E-state index is 0.0799. The highest BCUT2D eigenvalue weighted by Crippen LogP contribution is 2.45. The van der Waals surface area contributed by atoms with Crippen molar-refractivity contribution in [3.63, 3.8) is 0 Å². The molecule has 5 rings (SSSR count). The molecule has 0 aliphatic carbocycles. The molecule has 1 fully saturated rings. The number of furan rings is 1. The summed E-state index contributed by atoms with van der Waals surface area (Å²) in [5, 5.41) is 23.8. The number of hydrogen-bond acceptors (Lipinski definition) is 5. The van der Waals surface area contributed by atoms with Crippen molar-refractivity contribution >= 4 is 29.0 Å². The number of rotatable bonds is 5. The summed E-state index contributed by atoms with van der Waals surface area (Å²) < 4.78 is 6.22. The van der Waals surface area contributed by atoms with Gasteiger partial charge in [-0.2, -0.15) is 0 Å². The number of nitrogens with one attached hydrogen (secondary N) is 1. The van der Waals surface area contributed by atoms with E-state index in [1.807, 2.05) is 24.3 Å². The van der Waals surface area contributed by atoms with Gasteiger partial charge in [-0.15, -0.1) is 0 Å². The molecule has 0 unspecified atom stereocenters. The molecule has 4 aromatic rings. The van der Waals surface area contributed by atoms with E-state index in [0.717, 1.165) is 5.69 Å². The first-order chi connectivity index (χ1) is 16.0. The molecule has 33 heavy (non-hydrogen) atoms. The highest BCUT2D eigenvalue weighted by atomic mass is 32.1. The lowest BCUT2D eigenvalue weighted by Gasteiger charge is -2.26. The Morgan fingerprint density at radius 1 is 1.00 bits per heavy atom. The first-order valence-corrected chi connectivity index (χ1v) is 10.7. The van der Waals surface area contributed by atoms with E-state index in [9.17, 15) is 15.0 Å². The molecule has 0 saturated carbocycles.